The van der Waals surface area contributed by atoms with E-state index in [1.54, 1.807) is 23.8 Å². The van der Waals surface area contributed by atoms with E-state index in [0.717, 1.165) is 11.1 Å². The van der Waals surface area contributed by atoms with Crippen LogP contribution in [-0.2, 0) is 12.1 Å². The smallest absolute Gasteiger partial charge is 0.293 e. The van der Waals surface area contributed by atoms with Gasteiger partial charge in [0.05, 0.1) is 5.54 Å². The summed E-state index contributed by atoms with van der Waals surface area (Å²) >= 11 is 3.45. The topological polar surface area (TPSA) is 99.2 Å². The molecule has 1 amide bonds. The Bertz CT molecular complexity index is 1640. The average Bonchev–Trinajstić information content (AvgIpc) is 3.72. The van der Waals surface area contributed by atoms with Crippen molar-refractivity contribution in [3.63, 3.8) is 0 Å². The van der Waals surface area contributed by atoms with Gasteiger partial charge in [0, 0.05) is 29.3 Å². The molecule has 0 radical (unpaired) electrons. The molecule has 1 aromatic heterocycles. The van der Waals surface area contributed by atoms with Crippen molar-refractivity contribution in [2.75, 3.05) is 5.32 Å². The first-order valence-electron chi connectivity index (χ1n) is 13.0. The lowest BCUT2D eigenvalue weighted by Gasteiger charge is -2.29. The molecular weight excluding hydrogens is 575 g/mol. The number of hydrogen-bond donors (Lipinski definition) is 2. The van der Waals surface area contributed by atoms with E-state index in [0.29, 0.717) is 34.5 Å². The van der Waals surface area contributed by atoms with Crippen LogP contribution in [-0.4, -0.2) is 15.5 Å². The summed E-state index contributed by atoms with van der Waals surface area (Å²) in [5.74, 6) is -0.456. The standard InChI is InChI=1S/C31H30BrFN4O3/c1-18-13-20(22(28(34)38)14-24(18)33)21-15-25(21)37-16-27(32)35-29(30(37)39)36-31(2,3)23-11-7-8-12-26(23)40-17-19-9-5-4-6-10-19/h4-14,16,21,25H,15,17H2,1-3H3,(H2,34,38)(H,35,36). The van der Waals surface area contributed by atoms with E-state index in [1.807, 2.05) is 68.4 Å². The second kappa shape index (κ2) is 10.9. The van der Waals surface area contributed by atoms with E-state index in [4.69, 9.17) is 10.5 Å². The molecule has 40 heavy (non-hydrogen) atoms. The molecule has 0 saturated heterocycles. The molecule has 0 bridgehead atoms. The molecule has 1 fully saturated rings. The number of nitrogens with two attached hydrogens (primary N) is 1. The molecule has 1 aliphatic rings. The van der Waals surface area contributed by atoms with Crippen molar-refractivity contribution in [2.24, 2.45) is 5.73 Å². The summed E-state index contributed by atoms with van der Waals surface area (Å²) in [4.78, 5) is 30.1. The molecule has 4 aromatic rings. The number of primary amides is 1. The number of halogens is 2. The number of hydrogen-bond acceptors (Lipinski definition) is 5. The number of aryl methyl sites for hydroxylation is 1. The SMILES string of the molecule is Cc1cc(C2CC2n2cc(Br)nc(NC(C)(C)c3ccccc3OCc3ccccc3)c2=O)c(C(N)=O)cc1F. The third kappa shape index (κ3) is 5.65. The van der Waals surface area contributed by atoms with Crippen molar-refractivity contribution < 1.29 is 13.9 Å². The Kier molecular flexibility index (Phi) is 7.51. The van der Waals surface area contributed by atoms with Gasteiger partial charge in [0.25, 0.3) is 5.56 Å². The van der Waals surface area contributed by atoms with Gasteiger partial charge in [-0.3, -0.25) is 9.59 Å². The maximum absolute atomic E-state index is 14.2. The zero-order chi connectivity index (χ0) is 28.6. The van der Waals surface area contributed by atoms with Crippen LogP contribution in [0.2, 0.25) is 0 Å². The van der Waals surface area contributed by atoms with Gasteiger partial charge in [-0.05, 0) is 71.9 Å². The van der Waals surface area contributed by atoms with E-state index < -0.39 is 17.3 Å². The summed E-state index contributed by atoms with van der Waals surface area (Å²) in [6, 6.07) is 20.2. The summed E-state index contributed by atoms with van der Waals surface area (Å²) in [5, 5.41) is 3.33. The number of benzene rings is 3. The maximum Gasteiger partial charge on any atom is 0.293 e. The molecular formula is C31H30BrFN4O3. The van der Waals surface area contributed by atoms with Crippen molar-refractivity contribution in [2.45, 2.75) is 51.3 Å². The third-order valence-corrected chi connectivity index (χ3v) is 7.62. The Hall–Kier alpha value is -3.98. The molecule has 0 aliphatic heterocycles. The van der Waals surface area contributed by atoms with Crippen LogP contribution < -0.4 is 21.3 Å². The number of rotatable bonds is 9. The Morgan fingerprint density at radius 1 is 1.18 bits per heavy atom. The van der Waals surface area contributed by atoms with Crippen LogP contribution in [0.5, 0.6) is 5.75 Å². The quantitative estimate of drug-likeness (QED) is 0.237. The fourth-order valence-electron chi connectivity index (χ4n) is 5.06. The van der Waals surface area contributed by atoms with Gasteiger partial charge in [-0.1, -0.05) is 54.6 Å². The predicted octanol–water partition coefficient (Wildman–Crippen LogP) is 6.21. The van der Waals surface area contributed by atoms with E-state index in [2.05, 4.69) is 26.2 Å². The second-order valence-electron chi connectivity index (χ2n) is 10.6. The number of carbonyl (C=O) groups is 1. The highest BCUT2D eigenvalue weighted by atomic mass is 79.9. The van der Waals surface area contributed by atoms with Gasteiger partial charge < -0.3 is 20.4 Å². The van der Waals surface area contributed by atoms with E-state index in [1.165, 1.54) is 6.07 Å². The first-order chi connectivity index (χ1) is 19.0. The number of nitrogens with zero attached hydrogens (tertiary/aromatic N) is 2. The van der Waals surface area contributed by atoms with Crippen LogP contribution >= 0.6 is 15.9 Å². The summed E-state index contributed by atoms with van der Waals surface area (Å²) < 4.78 is 22.4. The van der Waals surface area contributed by atoms with E-state index in [9.17, 15) is 14.0 Å². The Morgan fingerprint density at radius 3 is 2.60 bits per heavy atom. The Labute approximate surface area is 240 Å². The number of amides is 1. The first-order valence-corrected chi connectivity index (χ1v) is 13.8. The molecule has 3 aromatic carbocycles. The monoisotopic (exact) mass is 604 g/mol. The molecule has 1 aliphatic carbocycles. The largest absolute Gasteiger partial charge is 0.489 e. The fraction of sp³-hybridized carbons (Fsp3) is 0.258. The minimum atomic E-state index is -0.714. The number of nitrogens with one attached hydrogen (secondary N) is 1. The van der Waals surface area contributed by atoms with Crippen molar-refractivity contribution in [1.29, 1.82) is 0 Å². The lowest BCUT2D eigenvalue weighted by molar-refractivity contribution is 0.0999. The normalized spacial score (nSPS) is 16.4. The lowest BCUT2D eigenvalue weighted by Crippen LogP contribution is -2.34. The van der Waals surface area contributed by atoms with Crippen molar-refractivity contribution in [1.82, 2.24) is 9.55 Å². The molecule has 206 valence electrons. The van der Waals surface area contributed by atoms with Crippen LogP contribution in [0.15, 0.2) is 82.3 Å². The molecule has 1 saturated carbocycles. The highest BCUT2D eigenvalue weighted by Crippen LogP contribution is 2.52. The van der Waals surface area contributed by atoms with Gasteiger partial charge in [0.2, 0.25) is 5.91 Å². The second-order valence-corrected chi connectivity index (χ2v) is 11.4. The van der Waals surface area contributed by atoms with Crippen LogP contribution in [0, 0.1) is 12.7 Å². The molecule has 9 heteroatoms. The van der Waals surface area contributed by atoms with Gasteiger partial charge in [-0.25, -0.2) is 9.37 Å². The summed E-state index contributed by atoms with van der Waals surface area (Å²) in [5.41, 5.74) is 7.66. The number of aromatic nitrogens is 2. The molecule has 2 atom stereocenters. The van der Waals surface area contributed by atoms with Crippen molar-refractivity contribution in [3.8, 4) is 5.75 Å². The van der Waals surface area contributed by atoms with Crippen molar-refractivity contribution in [3.05, 3.63) is 122 Å². The van der Waals surface area contributed by atoms with Crippen LogP contribution in [0.4, 0.5) is 10.2 Å². The molecule has 5 rings (SSSR count). The number of para-hydroxylation sites is 1. The highest BCUT2D eigenvalue weighted by molar-refractivity contribution is 9.10. The highest BCUT2D eigenvalue weighted by Gasteiger charge is 2.43. The van der Waals surface area contributed by atoms with Crippen LogP contribution in [0.25, 0.3) is 0 Å². The number of anilines is 1. The Balaban J connectivity index is 1.42. The molecule has 1 heterocycles. The van der Waals surface area contributed by atoms with E-state index >= 15 is 0 Å². The summed E-state index contributed by atoms with van der Waals surface area (Å²) in [6.45, 7) is 5.98. The fourth-order valence-corrected chi connectivity index (χ4v) is 5.46. The summed E-state index contributed by atoms with van der Waals surface area (Å²) in [7, 11) is 0. The van der Waals surface area contributed by atoms with Gasteiger partial charge in [0.1, 0.15) is 22.8 Å². The molecule has 2 unspecified atom stereocenters. The average molecular weight is 606 g/mol. The van der Waals surface area contributed by atoms with E-state index in [-0.39, 0.29) is 28.9 Å². The lowest BCUT2D eigenvalue weighted by atomic mass is 9.93. The van der Waals surface area contributed by atoms with Gasteiger partial charge >= 0.3 is 0 Å². The predicted molar refractivity (Wildman–Crippen MR) is 156 cm³/mol. The molecule has 3 N–H and O–H groups in total. The van der Waals surface area contributed by atoms with Crippen LogP contribution in [0.1, 0.15) is 64.8 Å². The minimum absolute atomic E-state index is 0.142. The van der Waals surface area contributed by atoms with Crippen LogP contribution in [0.3, 0.4) is 0 Å². The molecule has 0 spiro atoms. The van der Waals surface area contributed by atoms with Gasteiger partial charge in [0.15, 0.2) is 5.82 Å². The third-order valence-electron chi connectivity index (χ3n) is 7.24. The molecule has 7 nitrogen and oxygen atoms in total. The number of carbonyl (C=O) groups excluding carboxylic acids is 1. The number of ether oxygens (including phenoxy) is 1. The summed E-state index contributed by atoms with van der Waals surface area (Å²) in [6.07, 6.45) is 2.25. The van der Waals surface area contributed by atoms with Crippen molar-refractivity contribution >= 4 is 27.7 Å². The zero-order valence-electron chi connectivity index (χ0n) is 22.4. The maximum atomic E-state index is 14.2. The zero-order valence-corrected chi connectivity index (χ0v) is 24.0. The Morgan fingerprint density at radius 2 is 1.88 bits per heavy atom. The first kappa shape index (κ1) is 27.6. The van der Waals surface area contributed by atoms with Gasteiger partial charge in [-0.2, -0.15) is 0 Å². The van der Waals surface area contributed by atoms with Gasteiger partial charge in [-0.15, -0.1) is 0 Å². The minimum Gasteiger partial charge on any atom is -0.489 e.